The van der Waals surface area contributed by atoms with Gasteiger partial charge in [0.2, 0.25) is 5.91 Å². The highest BCUT2D eigenvalue weighted by Gasteiger charge is 2.73. The van der Waals surface area contributed by atoms with E-state index >= 15 is 0 Å². The summed E-state index contributed by atoms with van der Waals surface area (Å²) in [5.41, 5.74) is -1.26. The molecule has 0 radical (unpaired) electrons. The standard InChI is InChI=1S/C35H53NO8/c1-19(2)20-11-16-35(30(43)44)18-17-32(4)21(27(20)35)7-9-23-31(3)14-13-25(37)34(6,24(31)12-15-33(23,32)5)29(42)36-22(28(40)41)8-10-26(38)39/h20-25,27,37H,1,7-18H2,2-6H3,(H,36,42)(H,38,39)(H,40,41)(H,43,44)/t20-,21+,22-,23+,24+,25+,27+,31+,32+,33+,34-,35-/m0/s1. The summed E-state index contributed by atoms with van der Waals surface area (Å²) in [6.07, 6.45) is 6.22. The number of hydrogen-bond acceptors (Lipinski definition) is 5. The van der Waals surface area contributed by atoms with Crippen LogP contribution in [0.2, 0.25) is 0 Å². The Bertz CT molecular complexity index is 1250. The second-order valence-electron chi connectivity index (χ2n) is 16.3. The van der Waals surface area contributed by atoms with E-state index in [0.29, 0.717) is 25.7 Å². The van der Waals surface area contributed by atoms with Crippen LogP contribution in [0.25, 0.3) is 0 Å². The highest BCUT2D eigenvalue weighted by atomic mass is 16.4. The summed E-state index contributed by atoms with van der Waals surface area (Å²) in [6, 6.07) is -1.34. The van der Waals surface area contributed by atoms with Crippen LogP contribution >= 0.6 is 0 Å². The Morgan fingerprint density at radius 1 is 0.841 bits per heavy atom. The fourth-order valence-corrected chi connectivity index (χ4v) is 12.3. The average molecular weight is 616 g/mol. The highest BCUT2D eigenvalue weighted by molar-refractivity contribution is 5.88. The molecule has 1 amide bonds. The molecule has 5 rings (SSSR count). The first kappa shape index (κ1) is 33.0. The van der Waals surface area contributed by atoms with Crippen LogP contribution in [0.5, 0.6) is 0 Å². The summed E-state index contributed by atoms with van der Waals surface area (Å²) in [6.45, 7) is 15.3. The minimum absolute atomic E-state index is 0.0718. The maximum Gasteiger partial charge on any atom is 0.326 e. The van der Waals surface area contributed by atoms with Crippen molar-refractivity contribution in [1.82, 2.24) is 5.32 Å². The van der Waals surface area contributed by atoms with Crippen molar-refractivity contribution in [2.24, 2.45) is 56.7 Å². The van der Waals surface area contributed by atoms with Crippen LogP contribution < -0.4 is 5.32 Å². The zero-order valence-electron chi connectivity index (χ0n) is 27.2. The minimum atomic E-state index is -1.34. The Hall–Kier alpha value is -2.42. The molecule has 5 saturated carbocycles. The van der Waals surface area contributed by atoms with Gasteiger partial charge in [-0.1, -0.05) is 32.9 Å². The third-order valence-electron chi connectivity index (χ3n) is 14.9. The Morgan fingerprint density at radius 2 is 1.52 bits per heavy atom. The molecule has 0 spiro atoms. The van der Waals surface area contributed by atoms with Gasteiger partial charge in [-0.2, -0.15) is 0 Å². The van der Waals surface area contributed by atoms with E-state index < -0.39 is 46.8 Å². The lowest BCUT2D eigenvalue weighted by atomic mass is 9.32. The molecule has 5 fully saturated rings. The van der Waals surface area contributed by atoms with Crippen LogP contribution in [0.1, 0.15) is 112 Å². The molecule has 0 saturated heterocycles. The van der Waals surface area contributed by atoms with Gasteiger partial charge in [-0.25, -0.2) is 4.79 Å². The van der Waals surface area contributed by atoms with Gasteiger partial charge in [-0.3, -0.25) is 14.4 Å². The van der Waals surface area contributed by atoms with Gasteiger partial charge in [-0.05, 0) is 130 Å². The van der Waals surface area contributed by atoms with Crippen LogP contribution in [-0.4, -0.2) is 56.4 Å². The van der Waals surface area contributed by atoms with E-state index in [1.165, 1.54) is 0 Å². The van der Waals surface area contributed by atoms with Gasteiger partial charge in [-0.15, -0.1) is 0 Å². The number of carbonyl (C=O) groups is 4. The van der Waals surface area contributed by atoms with Gasteiger partial charge in [0.25, 0.3) is 0 Å². The Balaban J connectivity index is 1.48. The largest absolute Gasteiger partial charge is 0.481 e. The number of nitrogens with one attached hydrogen (secondary N) is 1. The number of aliphatic hydroxyl groups is 1. The molecular formula is C35H53NO8. The molecule has 0 heterocycles. The second-order valence-corrected chi connectivity index (χ2v) is 16.3. The number of allylic oxidation sites excluding steroid dienone is 1. The Labute approximate surface area is 261 Å². The van der Waals surface area contributed by atoms with Crippen molar-refractivity contribution in [3.05, 3.63) is 12.2 Å². The van der Waals surface area contributed by atoms with Crippen molar-refractivity contribution in [2.45, 2.75) is 124 Å². The van der Waals surface area contributed by atoms with Crippen molar-refractivity contribution in [1.29, 1.82) is 0 Å². The molecule has 9 heteroatoms. The third kappa shape index (κ3) is 4.41. The fraction of sp³-hybridized carbons (Fsp3) is 0.829. The van der Waals surface area contributed by atoms with E-state index in [0.717, 1.165) is 44.1 Å². The first-order chi connectivity index (χ1) is 20.4. The Kier molecular flexibility index (Phi) is 8.12. The molecule has 5 aliphatic carbocycles. The van der Waals surface area contributed by atoms with E-state index in [9.17, 15) is 34.5 Å². The number of amides is 1. The Morgan fingerprint density at radius 3 is 2.11 bits per heavy atom. The number of rotatable bonds is 8. The second kappa shape index (κ2) is 10.8. The predicted molar refractivity (Wildman–Crippen MR) is 163 cm³/mol. The van der Waals surface area contributed by atoms with Gasteiger partial charge in [0, 0.05) is 6.42 Å². The normalized spacial score (nSPS) is 46.8. The summed E-state index contributed by atoms with van der Waals surface area (Å²) >= 11 is 0. The van der Waals surface area contributed by atoms with E-state index in [2.05, 4.69) is 39.6 Å². The van der Waals surface area contributed by atoms with Crippen LogP contribution in [0.3, 0.4) is 0 Å². The van der Waals surface area contributed by atoms with Crippen LogP contribution in [0.15, 0.2) is 12.2 Å². The van der Waals surface area contributed by atoms with Crippen LogP contribution in [-0.2, 0) is 19.2 Å². The number of carboxylic acid groups (broad SMARTS) is 3. The topological polar surface area (TPSA) is 161 Å². The lowest BCUT2D eigenvalue weighted by Crippen LogP contribution is -2.69. The van der Waals surface area contributed by atoms with Crippen molar-refractivity contribution < 1.29 is 39.6 Å². The zero-order chi connectivity index (χ0) is 32.6. The minimum Gasteiger partial charge on any atom is -0.481 e. The monoisotopic (exact) mass is 615 g/mol. The van der Waals surface area contributed by atoms with Gasteiger partial charge in [0.15, 0.2) is 0 Å². The zero-order valence-corrected chi connectivity index (χ0v) is 27.2. The number of fused-ring (bicyclic) bond motifs is 7. The van der Waals surface area contributed by atoms with Gasteiger partial charge >= 0.3 is 17.9 Å². The first-order valence-corrected chi connectivity index (χ1v) is 16.7. The summed E-state index contributed by atoms with van der Waals surface area (Å²) in [4.78, 5) is 50.0. The SMILES string of the molecule is C=C(C)[C@@H]1CC[C@]2(C(=O)O)CC[C@]3(C)[C@H](CC[C@@H]4[C@@]5(C)CC[C@@H](O)[C@@](C)(C(=O)N[C@@H](CCC(=O)O)C(=O)O)[C@@H]5CC[C@]43C)[C@@H]12. The fourth-order valence-electron chi connectivity index (χ4n) is 12.3. The summed E-state index contributed by atoms with van der Waals surface area (Å²) in [5.74, 6) is -2.94. The molecule has 5 N–H and O–H groups in total. The van der Waals surface area contributed by atoms with Crippen LogP contribution in [0.4, 0.5) is 0 Å². The van der Waals surface area contributed by atoms with Gasteiger partial charge < -0.3 is 25.7 Å². The molecular weight excluding hydrogens is 562 g/mol. The van der Waals surface area contributed by atoms with Crippen molar-refractivity contribution >= 4 is 23.8 Å². The molecule has 5 aliphatic rings. The molecule has 9 nitrogen and oxygen atoms in total. The number of aliphatic hydroxyl groups excluding tert-OH is 1. The molecule has 0 aromatic carbocycles. The summed E-state index contributed by atoms with van der Waals surface area (Å²) < 4.78 is 0. The molecule has 0 aromatic rings. The molecule has 246 valence electrons. The van der Waals surface area contributed by atoms with E-state index in [1.54, 1.807) is 6.92 Å². The van der Waals surface area contributed by atoms with E-state index in [1.807, 2.05) is 0 Å². The molecule has 44 heavy (non-hydrogen) atoms. The maximum atomic E-state index is 14.0. The van der Waals surface area contributed by atoms with Crippen LogP contribution in [0, 0.1) is 56.7 Å². The predicted octanol–water partition coefficient (Wildman–Crippen LogP) is 5.50. The van der Waals surface area contributed by atoms with Gasteiger partial charge in [0.05, 0.1) is 16.9 Å². The van der Waals surface area contributed by atoms with Crippen molar-refractivity contribution in [2.75, 3.05) is 0 Å². The average Bonchev–Trinajstić information content (AvgIpc) is 3.35. The van der Waals surface area contributed by atoms with Gasteiger partial charge in [0.1, 0.15) is 6.04 Å². The van der Waals surface area contributed by atoms with Crippen molar-refractivity contribution in [3.63, 3.8) is 0 Å². The summed E-state index contributed by atoms with van der Waals surface area (Å²) in [5, 5.41) is 43.5. The number of aliphatic carboxylic acids is 3. The molecule has 0 bridgehead atoms. The molecule has 0 unspecified atom stereocenters. The lowest BCUT2D eigenvalue weighted by Gasteiger charge is -2.72. The van der Waals surface area contributed by atoms with E-state index in [4.69, 9.17) is 5.11 Å². The highest BCUT2D eigenvalue weighted by Crippen LogP contribution is 2.77. The van der Waals surface area contributed by atoms with Crippen molar-refractivity contribution in [3.8, 4) is 0 Å². The molecule has 0 aliphatic heterocycles. The third-order valence-corrected chi connectivity index (χ3v) is 14.9. The number of carboxylic acids is 3. The lowest BCUT2D eigenvalue weighted by molar-refractivity contribution is -0.248. The maximum absolute atomic E-state index is 14.0. The quantitative estimate of drug-likeness (QED) is 0.224. The van der Waals surface area contributed by atoms with E-state index in [-0.39, 0.29) is 58.7 Å². The number of hydrogen-bond donors (Lipinski definition) is 5. The number of carbonyl (C=O) groups excluding carboxylic acids is 1. The first-order valence-electron chi connectivity index (χ1n) is 16.7. The smallest absolute Gasteiger partial charge is 0.326 e. The molecule has 12 atom stereocenters. The summed E-state index contributed by atoms with van der Waals surface area (Å²) in [7, 11) is 0. The molecule has 0 aromatic heterocycles.